The minimum atomic E-state index is -2.18. The Morgan fingerprint density at radius 3 is 2.38 bits per heavy atom. The molecule has 134 valence electrons. The number of rotatable bonds is 3. The maximum atomic E-state index is 13.1. The van der Waals surface area contributed by atoms with Crippen LogP contribution in [0.25, 0.3) is 0 Å². The summed E-state index contributed by atoms with van der Waals surface area (Å²) in [5.41, 5.74) is -3.02. The first kappa shape index (κ1) is 17.4. The van der Waals surface area contributed by atoms with E-state index >= 15 is 0 Å². The van der Waals surface area contributed by atoms with Crippen molar-refractivity contribution in [3.8, 4) is 0 Å². The molecular formula is C19H17ClN2O3S. The van der Waals surface area contributed by atoms with Gasteiger partial charge in [0.15, 0.2) is 5.11 Å². The lowest BCUT2D eigenvalue weighted by Crippen LogP contribution is -2.60. The summed E-state index contributed by atoms with van der Waals surface area (Å²) in [7, 11) is 0. The third kappa shape index (κ3) is 1.93. The van der Waals surface area contributed by atoms with Gasteiger partial charge in [0.05, 0.1) is 0 Å². The zero-order chi connectivity index (χ0) is 18.7. The van der Waals surface area contributed by atoms with Crippen molar-refractivity contribution in [1.82, 2.24) is 4.90 Å². The van der Waals surface area contributed by atoms with Gasteiger partial charge in [-0.3, -0.25) is 9.69 Å². The van der Waals surface area contributed by atoms with Crippen molar-refractivity contribution >= 4 is 40.4 Å². The molecule has 0 spiro atoms. The van der Waals surface area contributed by atoms with E-state index < -0.39 is 17.2 Å². The van der Waals surface area contributed by atoms with Gasteiger partial charge in [-0.05, 0) is 42.9 Å². The molecule has 7 heteroatoms. The third-order valence-corrected chi connectivity index (χ3v) is 5.67. The van der Waals surface area contributed by atoms with E-state index in [2.05, 4.69) is 0 Å². The maximum absolute atomic E-state index is 13.1. The first-order chi connectivity index (χ1) is 12.4. The van der Waals surface area contributed by atoms with Gasteiger partial charge in [0.25, 0.3) is 5.72 Å². The molecule has 1 heterocycles. The smallest absolute Gasteiger partial charge is 0.259 e. The number of Topliss-reactive ketones (excluding diaryl/α,β-unsaturated/α-hetero) is 1. The van der Waals surface area contributed by atoms with Gasteiger partial charge in [0, 0.05) is 28.4 Å². The van der Waals surface area contributed by atoms with Crippen LogP contribution >= 0.6 is 23.8 Å². The van der Waals surface area contributed by atoms with E-state index in [1.165, 1.54) is 9.80 Å². The summed E-state index contributed by atoms with van der Waals surface area (Å²) in [6.07, 6.45) is 0.649. The summed E-state index contributed by atoms with van der Waals surface area (Å²) in [5, 5.41) is 24.0. The Labute approximate surface area is 161 Å². The molecule has 2 aromatic carbocycles. The SMILES string of the molecule is CCCN1C(=S)N(c2ccc(Cl)cc2)[C@@]2(O)c3ccccc3C(=O)[C@@]12O. The first-order valence-electron chi connectivity index (χ1n) is 8.33. The summed E-state index contributed by atoms with van der Waals surface area (Å²) in [6.45, 7) is 2.25. The standard InChI is InChI=1S/C19H17ClN2O3S/c1-2-11-21-17(26)22(13-9-7-12(20)8-10-13)18(24)15-6-4-3-5-14(15)16(23)19(18,21)25/h3-10,24-25H,2,11H2,1H3/t18-,19+/m1/s1. The van der Waals surface area contributed by atoms with Crippen molar-refractivity contribution in [3.05, 3.63) is 64.7 Å². The van der Waals surface area contributed by atoms with E-state index in [1.54, 1.807) is 48.5 Å². The molecule has 4 rings (SSSR count). The number of aliphatic hydroxyl groups is 2. The number of anilines is 1. The van der Waals surface area contributed by atoms with Gasteiger partial charge in [-0.1, -0.05) is 42.8 Å². The number of hydrogen-bond donors (Lipinski definition) is 2. The number of fused-ring (bicyclic) bond motifs is 3. The Balaban J connectivity index is 2.00. The zero-order valence-corrected chi connectivity index (χ0v) is 15.6. The van der Waals surface area contributed by atoms with Crippen LogP contribution in [0.3, 0.4) is 0 Å². The highest BCUT2D eigenvalue weighted by molar-refractivity contribution is 7.80. The second-order valence-electron chi connectivity index (χ2n) is 6.47. The summed E-state index contributed by atoms with van der Waals surface area (Å²) >= 11 is 11.6. The van der Waals surface area contributed by atoms with E-state index in [9.17, 15) is 15.0 Å². The molecule has 1 aliphatic heterocycles. The lowest BCUT2D eigenvalue weighted by molar-refractivity contribution is -0.153. The molecule has 2 aliphatic rings. The molecule has 1 aliphatic carbocycles. The number of hydrogen-bond acceptors (Lipinski definition) is 4. The van der Waals surface area contributed by atoms with Crippen molar-refractivity contribution in [3.63, 3.8) is 0 Å². The van der Waals surface area contributed by atoms with Crippen molar-refractivity contribution in [2.45, 2.75) is 24.8 Å². The van der Waals surface area contributed by atoms with Gasteiger partial charge in [-0.2, -0.15) is 0 Å². The molecule has 0 unspecified atom stereocenters. The molecule has 2 atom stereocenters. The number of nitrogens with zero attached hydrogens (tertiary/aromatic N) is 2. The van der Waals surface area contributed by atoms with Crippen LogP contribution in [0.1, 0.15) is 29.3 Å². The largest absolute Gasteiger partial charge is 0.362 e. The quantitative estimate of drug-likeness (QED) is 0.788. The topological polar surface area (TPSA) is 64.0 Å². The fourth-order valence-electron chi connectivity index (χ4n) is 3.87. The predicted octanol–water partition coefficient (Wildman–Crippen LogP) is 2.89. The summed E-state index contributed by atoms with van der Waals surface area (Å²) in [5.74, 6) is -0.553. The highest BCUT2D eigenvalue weighted by Crippen LogP contribution is 2.54. The minimum absolute atomic E-state index is 0.196. The van der Waals surface area contributed by atoms with E-state index in [0.717, 1.165) is 0 Å². The molecule has 5 nitrogen and oxygen atoms in total. The average molecular weight is 389 g/mol. The Bertz CT molecular complexity index is 919. The lowest BCUT2D eigenvalue weighted by atomic mass is 9.97. The molecule has 0 saturated carbocycles. The molecule has 0 radical (unpaired) electrons. The average Bonchev–Trinajstić information content (AvgIpc) is 2.92. The van der Waals surface area contributed by atoms with Crippen LogP contribution in [0.2, 0.25) is 5.02 Å². The summed E-state index contributed by atoms with van der Waals surface area (Å²) < 4.78 is 0. The molecule has 26 heavy (non-hydrogen) atoms. The fourth-order valence-corrected chi connectivity index (χ4v) is 4.46. The minimum Gasteiger partial charge on any atom is -0.362 e. The molecule has 1 fully saturated rings. The second kappa shape index (κ2) is 5.76. The number of benzene rings is 2. The first-order valence-corrected chi connectivity index (χ1v) is 9.12. The third-order valence-electron chi connectivity index (χ3n) is 5.02. The monoisotopic (exact) mass is 388 g/mol. The Kier molecular flexibility index (Phi) is 3.86. The molecule has 0 aromatic heterocycles. The molecule has 1 saturated heterocycles. The van der Waals surface area contributed by atoms with E-state index in [0.29, 0.717) is 34.8 Å². The summed E-state index contributed by atoms with van der Waals surface area (Å²) in [6, 6.07) is 13.4. The fraction of sp³-hybridized carbons (Fsp3) is 0.263. The molecule has 0 bridgehead atoms. The Morgan fingerprint density at radius 2 is 1.73 bits per heavy atom. The maximum Gasteiger partial charge on any atom is 0.259 e. The molecule has 0 amide bonds. The van der Waals surface area contributed by atoms with Crippen molar-refractivity contribution in [2.75, 3.05) is 11.4 Å². The zero-order valence-electron chi connectivity index (χ0n) is 14.0. The predicted molar refractivity (Wildman–Crippen MR) is 103 cm³/mol. The number of thiocarbonyl (C=S) groups is 1. The van der Waals surface area contributed by atoms with Gasteiger partial charge >= 0.3 is 0 Å². The number of halogens is 1. The van der Waals surface area contributed by atoms with E-state index in [-0.39, 0.29) is 5.11 Å². The van der Waals surface area contributed by atoms with Gasteiger partial charge in [-0.25, -0.2) is 0 Å². The van der Waals surface area contributed by atoms with Crippen LogP contribution in [-0.4, -0.2) is 38.3 Å². The molecule has 2 N–H and O–H groups in total. The Morgan fingerprint density at radius 1 is 1.08 bits per heavy atom. The van der Waals surface area contributed by atoms with E-state index in [1.807, 2.05) is 6.92 Å². The molecule has 2 aromatic rings. The van der Waals surface area contributed by atoms with E-state index in [4.69, 9.17) is 23.8 Å². The van der Waals surface area contributed by atoms with Crippen molar-refractivity contribution in [1.29, 1.82) is 0 Å². The van der Waals surface area contributed by atoms with Gasteiger partial charge in [0.1, 0.15) is 0 Å². The van der Waals surface area contributed by atoms with Crippen molar-refractivity contribution in [2.24, 2.45) is 0 Å². The number of carbonyl (C=O) groups is 1. The molecular weight excluding hydrogens is 372 g/mol. The second-order valence-corrected chi connectivity index (χ2v) is 7.27. The van der Waals surface area contributed by atoms with Crippen LogP contribution in [0, 0.1) is 0 Å². The highest BCUT2D eigenvalue weighted by atomic mass is 35.5. The van der Waals surface area contributed by atoms with Crippen LogP contribution in [0.4, 0.5) is 5.69 Å². The number of carbonyl (C=O) groups excluding carboxylic acids is 1. The highest BCUT2D eigenvalue weighted by Gasteiger charge is 2.74. The van der Waals surface area contributed by atoms with Crippen LogP contribution in [0.5, 0.6) is 0 Å². The normalized spacial score (nSPS) is 27.1. The van der Waals surface area contributed by atoms with Gasteiger partial charge in [0.2, 0.25) is 11.5 Å². The summed E-state index contributed by atoms with van der Waals surface area (Å²) in [4.78, 5) is 16.0. The van der Waals surface area contributed by atoms with Crippen LogP contribution in [-0.2, 0) is 5.72 Å². The van der Waals surface area contributed by atoms with Crippen LogP contribution < -0.4 is 4.90 Å². The lowest BCUT2D eigenvalue weighted by Gasteiger charge is -2.37. The van der Waals surface area contributed by atoms with Gasteiger partial charge < -0.3 is 15.1 Å². The number of ketones is 1. The van der Waals surface area contributed by atoms with Crippen molar-refractivity contribution < 1.29 is 15.0 Å². The van der Waals surface area contributed by atoms with Gasteiger partial charge in [-0.15, -0.1) is 0 Å². The van der Waals surface area contributed by atoms with Crippen LogP contribution in [0.15, 0.2) is 48.5 Å². The Hall–Kier alpha value is -1.99.